The molecule has 1 aliphatic carbocycles. The van der Waals surface area contributed by atoms with Crippen LogP contribution in [0.15, 0.2) is 22.7 Å². The van der Waals surface area contributed by atoms with Gasteiger partial charge >= 0.3 is 0 Å². The highest BCUT2D eigenvalue weighted by Gasteiger charge is 2.50. The maximum atomic E-state index is 13.3. The average molecular weight is 355 g/mol. The minimum absolute atomic E-state index is 0.0446. The van der Waals surface area contributed by atoms with Crippen molar-refractivity contribution < 1.29 is 14.0 Å². The van der Waals surface area contributed by atoms with Crippen LogP contribution in [0.2, 0.25) is 0 Å². The van der Waals surface area contributed by atoms with Gasteiger partial charge in [0.25, 0.3) is 0 Å². The third-order valence-corrected chi connectivity index (χ3v) is 5.00. The largest absolute Gasteiger partial charge is 0.345 e. The molecule has 1 aliphatic heterocycles. The third kappa shape index (κ3) is 2.46. The van der Waals surface area contributed by atoms with Gasteiger partial charge < -0.3 is 10.2 Å². The number of rotatable bonds is 2. The van der Waals surface area contributed by atoms with Crippen LogP contribution >= 0.6 is 15.9 Å². The second-order valence-corrected chi connectivity index (χ2v) is 6.50. The molecule has 2 amide bonds. The molecule has 0 bridgehead atoms. The molecule has 0 aromatic heterocycles. The number of nitrogens with zero attached hydrogens (tertiary/aromatic N) is 1. The molecule has 2 aliphatic rings. The number of hydrogen-bond donors (Lipinski definition) is 1. The zero-order valence-corrected chi connectivity index (χ0v) is 13.1. The van der Waals surface area contributed by atoms with Gasteiger partial charge in [-0.2, -0.15) is 0 Å². The second kappa shape index (κ2) is 5.40. The van der Waals surface area contributed by atoms with Crippen LogP contribution in [0.1, 0.15) is 31.2 Å². The molecule has 1 N–H and O–H groups in total. The topological polar surface area (TPSA) is 49.4 Å². The number of carbonyl (C=O) groups is 2. The molecule has 4 nitrogen and oxygen atoms in total. The molecule has 0 atom stereocenters. The molecule has 1 saturated heterocycles. The highest BCUT2D eigenvalue weighted by atomic mass is 79.9. The lowest BCUT2D eigenvalue weighted by Crippen LogP contribution is -2.65. The first kappa shape index (κ1) is 14.5. The summed E-state index contributed by atoms with van der Waals surface area (Å²) in [7, 11) is 0. The summed E-state index contributed by atoms with van der Waals surface area (Å²) in [6, 6.07) is 4.69. The molecule has 1 saturated carbocycles. The average Bonchev–Trinajstić information content (AvgIpc) is 2.94. The van der Waals surface area contributed by atoms with Crippen LogP contribution in [0, 0.1) is 5.82 Å². The molecule has 3 rings (SSSR count). The van der Waals surface area contributed by atoms with Gasteiger partial charge in [0, 0.05) is 6.54 Å². The van der Waals surface area contributed by atoms with E-state index in [1.165, 1.54) is 6.07 Å². The molecule has 2 fully saturated rings. The van der Waals surface area contributed by atoms with E-state index in [1.807, 2.05) is 0 Å². The molecule has 0 radical (unpaired) electrons. The van der Waals surface area contributed by atoms with Crippen molar-refractivity contribution in [2.45, 2.75) is 37.8 Å². The number of hydrogen-bond acceptors (Lipinski definition) is 2. The van der Waals surface area contributed by atoms with Crippen molar-refractivity contribution in [2.75, 3.05) is 6.54 Å². The number of halogens is 2. The second-order valence-electron chi connectivity index (χ2n) is 5.65. The molecule has 21 heavy (non-hydrogen) atoms. The van der Waals surface area contributed by atoms with E-state index in [0.717, 1.165) is 18.4 Å². The Morgan fingerprint density at radius 3 is 2.67 bits per heavy atom. The van der Waals surface area contributed by atoms with Gasteiger partial charge in [0.2, 0.25) is 11.8 Å². The van der Waals surface area contributed by atoms with Crippen molar-refractivity contribution in [3.05, 3.63) is 34.1 Å². The van der Waals surface area contributed by atoms with Crippen LogP contribution in [0.25, 0.3) is 0 Å². The smallest absolute Gasteiger partial charge is 0.246 e. The SMILES string of the molecule is O=C1CNC(=O)C2(CCCC2)N1Cc1ccc(F)c(Br)c1. The number of amides is 2. The predicted molar refractivity (Wildman–Crippen MR) is 78.9 cm³/mol. The third-order valence-electron chi connectivity index (χ3n) is 4.40. The Bertz CT molecular complexity index is 599. The standard InChI is InChI=1S/C15H16BrFN2O2/c16-11-7-10(3-4-12(11)17)9-19-13(20)8-18-14(21)15(19)5-1-2-6-15/h3-4,7H,1-2,5-6,8-9H2,(H,18,21). The Morgan fingerprint density at radius 2 is 2.00 bits per heavy atom. The van der Waals surface area contributed by atoms with Crippen molar-refractivity contribution in [1.82, 2.24) is 10.2 Å². The van der Waals surface area contributed by atoms with Crippen LogP contribution in [-0.4, -0.2) is 28.8 Å². The lowest BCUT2D eigenvalue weighted by atomic mass is 9.90. The van der Waals surface area contributed by atoms with Gasteiger partial charge in [0.15, 0.2) is 0 Å². The first-order valence-electron chi connectivity index (χ1n) is 7.06. The molecule has 1 aromatic carbocycles. The predicted octanol–water partition coefficient (Wildman–Crippen LogP) is 2.36. The van der Waals surface area contributed by atoms with Crippen molar-refractivity contribution in [1.29, 1.82) is 0 Å². The summed E-state index contributed by atoms with van der Waals surface area (Å²) in [5.41, 5.74) is 0.105. The van der Waals surface area contributed by atoms with Crippen molar-refractivity contribution in [2.24, 2.45) is 0 Å². The van der Waals surface area contributed by atoms with Gasteiger partial charge in [-0.05, 0) is 46.5 Å². The summed E-state index contributed by atoms with van der Waals surface area (Å²) in [6.45, 7) is 0.383. The monoisotopic (exact) mass is 354 g/mol. The summed E-state index contributed by atoms with van der Waals surface area (Å²) in [6.07, 6.45) is 3.30. The Hall–Kier alpha value is -1.43. The van der Waals surface area contributed by atoms with E-state index in [1.54, 1.807) is 17.0 Å². The zero-order valence-electron chi connectivity index (χ0n) is 11.5. The highest BCUT2D eigenvalue weighted by molar-refractivity contribution is 9.10. The Morgan fingerprint density at radius 1 is 1.29 bits per heavy atom. The maximum absolute atomic E-state index is 13.3. The molecule has 6 heteroatoms. The summed E-state index contributed by atoms with van der Waals surface area (Å²) in [4.78, 5) is 26.3. The van der Waals surface area contributed by atoms with E-state index in [9.17, 15) is 14.0 Å². The van der Waals surface area contributed by atoms with Gasteiger partial charge in [-0.15, -0.1) is 0 Å². The number of piperazine rings is 1. The van der Waals surface area contributed by atoms with Gasteiger partial charge in [-0.3, -0.25) is 9.59 Å². The van der Waals surface area contributed by atoms with E-state index in [4.69, 9.17) is 0 Å². The minimum atomic E-state index is -0.712. The fourth-order valence-electron chi connectivity index (χ4n) is 3.29. The van der Waals surface area contributed by atoms with Crippen LogP contribution < -0.4 is 5.32 Å². The molecular weight excluding hydrogens is 339 g/mol. The summed E-state index contributed by atoms with van der Waals surface area (Å²) in [5.74, 6) is -0.463. The molecule has 1 spiro atoms. The highest BCUT2D eigenvalue weighted by Crippen LogP contribution is 2.38. The van der Waals surface area contributed by atoms with Gasteiger partial charge in [-0.1, -0.05) is 18.9 Å². The van der Waals surface area contributed by atoms with Crippen molar-refractivity contribution in [3.8, 4) is 0 Å². The van der Waals surface area contributed by atoms with E-state index >= 15 is 0 Å². The lowest BCUT2D eigenvalue weighted by Gasteiger charge is -2.43. The van der Waals surface area contributed by atoms with E-state index in [2.05, 4.69) is 21.2 Å². The van der Waals surface area contributed by atoms with Gasteiger partial charge in [0.05, 0.1) is 11.0 Å². The molecule has 112 valence electrons. The Kier molecular flexibility index (Phi) is 3.73. The maximum Gasteiger partial charge on any atom is 0.246 e. The fraction of sp³-hybridized carbons (Fsp3) is 0.467. The molecule has 1 aromatic rings. The van der Waals surface area contributed by atoms with Crippen LogP contribution in [0.3, 0.4) is 0 Å². The van der Waals surface area contributed by atoms with Crippen molar-refractivity contribution >= 4 is 27.7 Å². The molecule has 1 heterocycles. The fourth-order valence-corrected chi connectivity index (χ4v) is 3.72. The van der Waals surface area contributed by atoms with Crippen molar-refractivity contribution in [3.63, 3.8) is 0 Å². The quantitative estimate of drug-likeness (QED) is 0.886. The lowest BCUT2D eigenvalue weighted by molar-refractivity contribution is -0.154. The van der Waals surface area contributed by atoms with Gasteiger partial charge in [-0.25, -0.2) is 4.39 Å². The number of nitrogens with one attached hydrogen (secondary N) is 1. The summed E-state index contributed by atoms with van der Waals surface area (Å²) < 4.78 is 13.7. The van der Waals surface area contributed by atoms with E-state index in [0.29, 0.717) is 23.9 Å². The Labute approximate surface area is 130 Å². The van der Waals surface area contributed by atoms with Crippen LogP contribution in [0.5, 0.6) is 0 Å². The summed E-state index contributed by atoms with van der Waals surface area (Å²) >= 11 is 3.16. The van der Waals surface area contributed by atoms with Crippen LogP contribution in [0.4, 0.5) is 4.39 Å². The van der Waals surface area contributed by atoms with E-state index in [-0.39, 0.29) is 24.2 Å². The zero-order chi connectivity index (χ0) is 15.0. The number of carbonyl (C=O) groups excluding carboxylic acids is 2. The molecule has 0 unspecified atom stereocenters. The van der Waals surface area contributed by atoms with Gasteiger partial charge in [0.1, 0.15) is 11.4 Å². The summed E-state index contributed by atoms with van der Waals surface area (Å²) in [5, 5.41) is 2.70. The first-order valence-corrected chi connectivity index (χ1v) is 7.85. The molecular formula is C15H16BrFN2O2. The van der Waals surface area contributed by atoms with E-state index < -0.39 is 5.54 Å². The first-order chi connectivity index (χ1) is 10.0. The normalized spacial score (nSPS) is 21.0. The minimum Gasteiger partial charge on any atom is -0.345 e. The Balaban J connectivity index is 1.91. The van der Waals surface area contributed by atoms with Crippen LogP contribution in [-0.2, 0) is 16.1 Å². The number of benzene rings is 1.